The number of nitrogens with one attached hydrogen (secondary N) is 1. The third-order valence-electron chi connectivity index (χ3n) is 3.64. The first-order chi connectivity index (χ1) is 14.3. The molecule has 31 heavy (non-hydrogen) atoms. The number of anilines is 2. The average Bonchev–Trinajstić information content (AvgIpc) is 2.65. The van der Waals surface area contributed by atoms with Crippen molar-refractivity contribution in [3.8, 4) is 0 Å². The zero-order valence-electron chi connectivity index (χ0n) is 16.3. The summed E-state index contributed by atoms with van der Waals surface area (Å²) in [6.07, 6.45) is -2.44. The number of halogens is 4. The number of nitrogens with two attached hydrogens (primary N) is 1. The predicted octanol–water partition coefficient (Wildman–Crippen LogP) is 2.76. The van der Waals surface area contributed by atoms with Crippen molar-refractivity contribution in [2.75, 3.05) is 11.9 Å². The number of alkyl halides is 3. The maximum atomic E-state index is 14.1. The smallest absolute Gasteiger partial charge is 0.419 e. The lowest BCUT2D eigenvalue weighted by molar-refractivity contribution is -0.138. The van der Waals surface area contributed by atoms with Gasteiger partial charge in [-0.3, -0.25) is 9.20 Å². The van der Waals surface area contributed by atoms with Crippen LogP contribution in [-0.2, 0) is 17.3 Å². The summed E-state index contributed by atoms with van der Waals surface area (Å²) < 4.78 is 76.2. The first-order valence-corrected chi connectivity index (χ1v) is 9.64. The van der Waals surface area contributed by atoms with Gasteiger partial charge in [0.25, 0.3) is 0 Å². The van der Waals surface area contributed by atoms with E-state index < -0.39 is 45.9 Å². The summed E-state index contributed by atoms with van der Waals surface area (Å²) in [5.74, 6) is -1.37. The highest BCUT2D eigenvalue weighted by molar-refractivity contribution is 7.79. The number of allylic oxidation sites excluding steroid dienone is 1. The molecule has 8 nitrogen and oxygen atoms in total. The molecule has 1 heterocycles. The van der Waals surface area contributed by atoms with Crippen molar-refractivity contribution in [2.45, 2.75) is 30.5 Å². The fourth-order valence-electron chi connectivity index (χ4n) is 2.24. The van der Waals surface area contributed by atoms with Crippen LogP contribution >= 0.6 is 0 Å². The highest BCUT2D eigenvalue weighted by Crippen LogP contribution is 2.34. The van der Waals surface area contributed by atoms with Gasteiger partial charge in [-0.1, -0.05) is 0 Å². The lowest BCUT2D eigenvalue weighted by Crippen LogP contribution is -2.22. The van der Waals surface area contributed by atoms with E-state index in [4.69, 9.17) is 5.73 Å². The van der Waals surface area contributed by atoms with E-state index in [1.54, 1.807) is 0 Å². The molecule has 0 aliphatic carbocycles. The van der Waals surface area contributed by atoms with Crippen LogP contribution in [0, 0.1) is 5.82 Å². The molecule has 4 N–H and O–H groups in total. The molecular formula is C18H18F4N5O3S-. The van der Waals surface area contributed by atoms with Crippen LogP contribution in [0.25, 0.3) is 5.57 Å². The molecule has 1 aromatic carbocycles. The maximum Gasteiger partial charge on any atom is 0.419 e. The Morgan fingerprint density at radius 3 is 2.58 bits per heavy atom. The fraction of sp³-hybridized carbons (Fsp3) is 0.278. The zero-order valence-corrected chi connectivity index (χ0v) is 17.1. The number of aliphatic imine (C=N–C) groups is 1. The Labute approximate surface area is 177 Å². The molecule has 0 saturated carbocycles. The minimum absolute atomic E-state index is 0.111. The van der Waals surface area contributed by atoms with E-state index in [1.165, 1.54) is 13.8 Å². The second kappa shape index (κ2) is 9.49. The summed E-state index contributed by atoms with van der Waals surface area (Å²) in [7, 11) is 0. The van der Waals surface area contributed by atoms with Crippen LogP contribution < -0.4 is 11.1 Å². The maximum absolute atomic E-state index is 14.1. The zero-order chi connectivity index (χ0) is 23.4. The lowest BCUT2D eigenvalue weighted by Gasteiger charge is -2.15. The van der Waals surface area contributed by atoms with E-state index in [-0.39, 0.29) is 22.7 Å². The van der Waals surface area contributed by atoms with Gasteiger partial charge in [0.05, 0.1) is 23.5 Å². The van der Waals surface area contributed by atoms with Crippen LogP contribution in [0.2, 0.25) is 0 Å². The SMILES string of the molecule is CC(C)(O)CN=C/C(=C\N)c1nc(Nc2ccc(S(=O)[O-])cc2F)ncc1C(F)(F)F. The molecule has 1 aromatic heterocycles. The van der Waals surface area contributed by atoms with E-state index in [9.17, 15) is 31.4 Å². The van der Waals surface area contributed by atoms with Crippen LogP contribution in [0.5, 0.6) is 0 Å². The van der Waals surface area contributed by atoms with E-state index in [1.807, 2.05) is 0 Å². The molecule has 0 aliphatic heterocycles. The van der Waals surface area contributed by atoms with Gasteiger partial charge >= 0.3 is 6.18 Å². The molecule has 0 aliphatic rings. The van der Waals surface area contributed by atoms with Crippen LogP contribution in [0.1, 0.15) is 25.1 Å². The Kier molecular flexibility index (Phi) is 7.46. The fourth-order valence-corrected chi connectivity index (χ4v) is 2.62. The molecule has 1 unspecified atom stereocenters. The third kappa shape index (κ3) is 6.80. The van der Waals surface area contributed by atoms with Crippen molar-refractivity contribution in [3.05, 3.63) is 47.7 Å². The van der Waals surface area contributed by atoms with Crippen LogP contribution in [-0.4, -0.2) is 42.2 Å². The molecule has 0 amide bonds. The van der Waals surface area contributed by atoms with Gasteiger partial charge in [0, 0.05) is 29.1 Å². The average molecular weight is 460 g/mol. The van der Waals surface area contributed by atoms with Gasteiger partial charge in [0.1, 0.15) is 11.4 Å². The normalized spacial score (nSPS) is 14.1. The molecule has 1 atom stereocenters. The molecule has 2 aromatic rings. The number of hydrogen-bond acceptors (Lipinski definition) is 8. The first-order valence-electron chi connectivity index (χ1n) is 8.56. The number of aliphatic hydroxyl groups is 1. The Hall–Kier alpha value is -2.90. The van der Waals surface area contributed by atoms with E-state index >= 15 is 0 Å². The van der Waals surface area contributed by atoms with Crippen molar-refractivity contribution in [2.24, 2.45) is 10.7 Å². The van der Waals surface area contributed by atoms with Crippen LogP contribution in [0.4, 0.5) is 29.2 Å². The van der Waals surface area contributed by atoms with E-state index in [0.717, 1.165) is 30.6 Å². The summed E-state index contributed by atoms with van der Waals surface area (Å²) >= 11 is -2.66. The molecule has 0 saturated heterocycles. The Morgan fingerprint density at radius 2 is 2.06 bits per heavy atom. The van der Waals surface area contributed by atoms with E-state index in [0.29, 0.717) is 6.20 Å². The summed E-state index contributed by atoms with van der Waals surface area (Å²) in [5.41, 5.74) is 1.97. The van der Waals surface area contributed by atoms with Crippen LogP contribution in [0.15, 0.2) is 40.5 Å². The molecule has 2 rings (SSSR count). The van der Waals surface area contributed by atoms with Crippen molar-refractivity contribution < 1.29 is 31.4 Å². The van der Waals surface area contributed by atoms with Crippen molar-refractivity contribution >= 4 is 34.5 Å². The van der Waals surface area contributed by atoms with Crippen molar-refractivity contribution in [3.63, 3.8) is 0 Å². The standard InChI is InChI=1S/C18H19F4N5O3S/c1-17(2,28)9-24-7-10(6-23)15-12(18(20,21)22)8-25-16(27-15)26-14-4-3-11(31(29)30)5-13(14)19/h3-8,28H,9,23H2,1-2H3,(H,29,30)(H,25,26,27)/p-1/b10-6+,24-7?. The van der Waals surface area contributed by atoms with Gasteiger partial charge in [0.2, 0.25) is 5.95 Å². The monoisotopic (exact) mass is 460 g/mol. The second-order valence-electron chi connectivity index (χ2n) is 6.86. The minimum Gasteiger partial charge on any atom is -0.768 e. The lowest BCUT2D eigenvalue weighted by atomic mass is 10.1. The molecule has 0 bridgehead atoms. The third-order valence-corrected chi connectivity index (χ3v) is 4.27. The summed E-state index contributed by atoms with van der Waals surface area (Å²) in [4.78, 5) is 10.9. The number of hydrogen-bond donors (Lipinski definition) is 3. The van der Waals surface area contributed by atoms with Gasteiger partial charge in [-0.15, -0.1) is 0 Å². The highest BCUT2D eigenvalue weighted by atomic mass is 32.2. The topological polar surface area (TPSA) is 137 Å². The molecule has 0 fully saturated rings. The predicted molar refractivity (Wildman–Crippen MR) is 106 cm³/mol. The van der Waals surface area contributed by atoms with Crippen molar-refractivity contribution in [1.29, 1.82) is 0 Å². The summed E-state index contributed by atoms with van der Waals surface area (Å²) in [6, 6.07) is 2.89. The first kappa shape index (κ1) is 24.4. The molecule has 0 spiro atoms. The Balaban J connectivity index is 2.45. The molecule has 168 valence electrons. The van der Waals surface area contributed by atoms with Gasteiger partial charge in [-0.05, 0) is 43.1 Å². The summed E-state index contributed by atoms with van der Waals surface area (Å²) in [6.45, 7) is 2.82. The van der Waals surface area contributed by atoms with Crippen LogP contribution in [0.3, 0.4) is 0 Å². The second-order valence-corrected chi connectivity index (χ2v) is 7.80. The number of aromatic nitrogens is 2. The van der Waals surface area contributed by atoms with E-state index in [2.05, 4.69) is 20.3 Å². The Morgan fingerprint density at radius 1 is 1.39 bits per heavy atom. The molecule has 0 radical (unpaired) electrons. The van der Waals surface area contributed by atoms with Gasteiger partial charge in [-0.2, -0.15) is 13.2 Å². The largest absolute Gasteiger partial charge is 0.768 e. The summed E-state index contributed by atoms with van der Waals surface area (Å²) in [5, 5.41) is 12.1. The quantitative estimate of drug-likeness (QED) is 0.328. The number of nitrogens with zero attached hydrogens (tertiary/aromatic N) is 3. The minimum atomic E-state index is -4.82. The number of rotatable bonds is 7. The molecular weight excluding hydrogens is 442 g/mol. The molecule has 13 heteroatoms. The Bertz CT molecular complexity index is 1040. The van der Waals surface area contributed by atoms with Crippen molar-refractivity contribution in [1.82, 2.24) is 9.97 Å². The van der Waals surface area contributed by atoms with Gasteiger partial charge in [0.15, 0.2) is 0 Å². The number of benzene rings is 1. The van der Waals surface area contributed by atoms with Gasteiger partial charge in [-0.25, -0.2) is 14.4 Å². The highest BCUT2D eigenvalue weighted by Gasteiger charge is 2.36. The van der Waals surface area contributed by atoms with Gasteiger partial charge < -0.3 is 20.7 Å².